The van der Waals surface area contributed by atoms with Gasteiger partial charge in [0.25, 0.3) is 0 Å². The topological polar surface area (TPSA) is 73.8 Å². The molecule has 1 saturated heterocycles. The van der Waals surface area contributed by atoms with E-state index in [1.54, 1.807) is 0 Å². The largest absolute Gasteiger partial charge is 0.625 e. The number of nitrogens with zero attached hydrogens (tertiary/aromatic N) is 4. The van der Waals surface area contributed by atoms with Crippen LogP contribution in [0.4, 0.5) is 5.95 Å². The van der Waals surface area contributed by atoms with Crippen molar-refractivity contribution in [3.63, 3.8) is 0 Å². The van der Waals surface area contributed by atoms with Crippen LogP contribution in [0.5, 0.6) is 0 Å². The smallest absolute Gasteiger partial charge is 0.331 e. The molecule has 0 aliphatic carbocycles. The molecule has 6 nitrogen and oxygen atoms in total. The van der Waals surface area contributed by atoms with Crippen LogP contribution < -0.4 is 9.96 Å². The Morgan fingerprint density at radius 1 is 1.23 bits per heavy atom. The first-order valence-corrected chi connectivity index (χ1v) is 4.23. The van der Waals surface area contributed by atoms with Crippen LogP contribution in [-0.2, 0) is 0 Å². The summed E-state index contributed by atoms with van der Waals surface area (Å²) in [5.41, 5.74) is 0. The zero-order valence-electron chi connectivity index (χ0n) is 7.18. The molecule has 1 aromatic rings. The second-order valence-electron chi connectivity index (χ2n) is 3.02. The van der Waals surface area contributed by atoms with Crippen LogP contribution in [-0.4, -0.2) is 41.1 Å². The maximum absolute atomic E-state index is 12.1. The third kappa shape index (κ3) is 1.64. The number of hydrogen-bond donors (Lipinski definition) is 1. The fraction of sp³-hybridized carbons (Fsp3) is 0.571. The van der Waals surface area contributed by atoms with Gasteiger partial charge in [-0.25, -0.2) is 4.98 Å². The van der Waals surface area contributed by atoms with E-state index in [4.69, 9.17) is 0 Å². The van der Waals surface area contributed by atoms with Crippen molar-refractivity contribution in [2.45, 2.75) is 0 Å². The minimum Gasteiger partial charge on any atom is -0.625 e. The van der Waals surface area contributed by atoms with Crippen LogP contribution in [0.15, 0.2) is 12.7 Å². The van der Waals surface area contributed by atoms with Crippen molar-refractivity contribution < 1.29 is 0 Å². The van der Waals surface area contributed by atoms with Crippen molar-refractivity contribution in [2.75, 3.05) is 26.2 Å². The molecular formula is C7H11N5O. The third-order valence-electron chi connectivity index (χ3n) is 2.14. The second-order valence-corrected chi connectivity index (χ2v) is 3.02. The standard InChI is InChI=1S/C7H11N5O/c13-12(3-1-8-2-4-12)7-10-5-9-6-11-7/h5-6,8H,1-4H2. The van der Waals surface area contributed by atoms with Crippen molar-refractivity contribution in [3.8, 4) is 0 Å². The van der Waals surface area contributed by atoms with Gasteiger partial charge in [-0.1, -0.05) is 0 Å². The molecule has 1 fully saturated rings. The Labute approximate surface area is 75.8 Å². The van der Waals surface area contributed by atoms with Gasteiger partial charge in [-0.3, -0.25) is 4.65 Å². The third-order valence-corrected chi connectivity index (χ3v) is 2.14. The van der Waals surface area contributed by atoms with Gasteiger partial charge in [0.15, 0.2) is 0 Å². The van der Waals surface area contributed by atoms with Gasteiger partial charge in [0.1, 0.15) is 12.7 Å². The molecule has 2 heterocycles. The molecule has 2 rings (SSSR count). The molecule has 1 aliphatic heterocycles. The molecule has 0 aromatic carbocycles. The fourth-order valence-electron chi connectivity index (χ4n) is 1.40. The van der Waals surface area contributed by atoms with E-state index in [1.165, 1.54) is 12.7 Å². The quantitative estimate of drug-likeness (QED) is 0.457. The summed E-state index contributed by atoms with van der Waals surface area (Å²) in [5, 5.41) is 15.2. The molecule has 0 amide bonds. The number of quaternary nitrogens is 1. The highest BCUT2D eigenvalue weighted by molar-refractivity contribution is 5.24. The van der Waals surface area contributed by atoms with Gasteiger partial charge in [-0.15, -0.1) is 0 Å². The van der Waals surface area contributed by atoms with E-state index in [9.17, 15) is 5.21 Å². The Morgan fingerprint density at radius 2 is 1.85 bits per heavy atom. The van der Waals surface area contributed by atoms with Gasteiger partial charge in [0.05, 0.1) is 13.1 Å². The molecule has 70 valence electrons. The molecule has 0 radical (unpaired) electrons. The van der Waals surface area contributed by atoms with E-state index in [2.05, 4.69) is 20.3 Å². The predicted octanol–water partition coefficient (Wildman–Crippen LogP) is -0.720. The Hall–Kier alpha value is -1.11. The lowest BCUT2D eigenvalue weighted by Crippen LogP contribution is -2.56. The first-order valence-electron chi connectivity index (χ1n) is 4.23. The van der Waals surface area contributed by atoms with Gasteiger partial charge in [0, 0.05) is 13.1 Å². The van der Waals surface area contributed by atoms with Crippen LogP contribution in [0, 0.1) is 5.21 Å². The van der Waals surface area contributed by atoms with Gasteiger partial charge in [-0.05, 0) is 0 Å². The number of hydrogen-bond acceptors (Lipinski definition) is 5. The monoisotopic (exact) mass is 181 g/mol. The molecular weight excluding hydrogens is 170 g/mol. The average Bonchev–Trinajstić information content (AvgIpc) is 2.20. The highest BCUT2D eigenvalue weighted by atomic mass is 16.5. The van der Waals surface area contributed by atoms with Crippen LogP contribution in [0.2, 0.25) is 0 Å². The number of rotatable bonds is 1. The molecule has 6 heteroatoms. The van der Waals surface area contributed by atoms with Gasteiger partial charge in [-0.2, -0.15) is 9.97 Å². The van der Waals surface area contributed by atoms with Crippen LogP contribution in [0.1, 0.15) is 0 Å². The SMILES string of the molecule is [O-][N+]1(c2ncncn2)CCNCC1. The highest BCUT2D eigenvalue weighted by Gasteiger charge is 2.25. The lowest BCUT2D eigenvalue weighted by Gasteiger charge is -2.42. The fourth-order valence-corrected chi connectivity index (χ4v) is 1.40. The predicted molar refractivity (Wildman–Crippen MR) is 47.6 cm³/mol. The minimum absolute atomic E-state index is 0.316. The van der Waals surface area contributed by atoms with Crippen LogP contribution >= 0.6 is 0 Å². The van der Waals surface area contributed by atoms with Gasteiger partial charge < -0.3 is 10.5 Å². The first-order chi connectivity index (χ1) is 6.31. The molecule has 0 spiro atoms. The van der Waals surface area contributed by atoms with E-state index in [1.807, 2.05) is 0 Å². The molecule has 0 bridgehead atoms. The van der Waals surface area contributed by atoms with E-state index in [-0.39, 0.29) is 0 Å². The summed E-state index contributed by atoms with van der Waals surface area (Å²) in [5.74, 6) is 0.316. The molecule has 1 aliphatic rings. The summed E-state index contributed by atoms with van der Waals surface area (Å²) in [4.78, 5) is 11.5. The molecule has 1 N–H and O–H groups in total. The van der Waals surface area contributed by atoms with Crippen LogP contribution in [0.25, 0.3) is 0 Å². The second kappa shape index (κ2) is 3.33. The Balaban J connectivity index is 2.23. The molecule has 0 atom stereocenters. The van der Waals surface area contributed by atoms with E-state index < -0.39 is 4.65 Å². The maximum Gasteiger partial charge on any atom is 0.331 e. The Morgan fingerprint density at radius 3 is 2.46 bits per heavy atom. The van der Waals surface area contributed by atoms with Crippen LogP contribution in [0.3, 0.4) is 0 Å². The highest BCUT2D eigenvalue weighted by Crippen LogP contribution is 2.15. The average molecular weight is 181 g/mol. The number of hydroxylamine groups is 2. The molecule has 1 aromatic heterocycles. The van der Waals surface area contributed by atoms with Gasteiger partial charge >= 0.3 is 5.95 Å². The molecule has 0 unspecified atom stereocenters. The van der Waals surface area contributed by atoms with E-state index in [0.717, 1.165) is 13.1 Å². The summed E-state index contributed by atoms with van der Waals surface area (Å²) >= 11 is 0. The zero-order valence-corrected chi connectivity index (χ0v) is 7.18. The van der Waals surface area contributed by atoms with Crippen molar-refractivity contribution in [2.24, 2.45) is 0 Å². The number of nitrogens with one attached hydrogen (secondary N) is 1. The summed E-state index contributed by atoms with van der Waals surface area (Å²) in [6, 6.07) is 0. The number of aromatic nitrogens is 3. The summed E-state index contributed by atoms with van der Waals surface area (Å²) in [6.45, 7) is 2.42. The lowest BCUT2D eigenvalue weighted by atomic mass is 10.4. The summed E-state index contributed by atoms with van der Waals surface area (Å²) in [6.07, 6.45) is 2.73. The normalized spacial score (nSPS) is 21.3. The Bertz CT molecular complexity index is 271. The van der Waals surface area contributed by atoms with Crippen molar-refractivity contribution in [1.82, 2.24) is 24.9 Å². The van der Waals surface area contributed by atoms with Gasteiger partial charge in [0.2, 0.25) is 0 Å². The van der Waals surface area contributed by atoms with Crippen molar-refractivity contribution in [3.05, 3.63) is 17.9 Å². The maximum atomic E-state index is 12.1. The van der Waals surface area contributed by atoms with Crippen molar-refractivity contribution in [1.29, 1.82) is 0 Å². The van der Waals surface area contributed by atoms with E-state index >= 15 is 0 Å². The number of piperazine rings is 1. The Kier molecular flexibility index (Phi) is 2.17. The molecule has 0 saturated carbocycles. The van der Waals surface area contributed by atoms with Crippen molar-refractivity contribution >= 4 is 5.95 Å². The minimum atomic E-state index is -0.435. The zero-order chi connectivity index (χ0) is 9.15. The van der Waals surface area contributed by atoms with E-state index in [0.29, 0.717) is 19.0 Å². The molecule has 13 heavy (non-hydrogen) atoms. The summed E-state index contributed by atoms with van der Waals surface area (Å²) in [7, 11) is 0. The first kappa shape index (κ1) is 8.49. The summed E-state index contributed by atoms with van der Waals surface area (Å²) < 4.78 is -0.435. The lowest BCUT2D eigenvalue weighted by molar-refractivity contribution is 0.306.